The molecule has 0 aliphatic carbocycles. The van der Waals surface area contributed by atoms with Crippen molar-refractivity contribution in [2.45, 2.75) is 32.9 Å². The molecule has 2 aromatic rings. The van der Waals surface area contributed by atoms with E-state index in [0.29, 0.717) is 0 Å². The maximum atomic E-state index is 4.64. The molecule has 1 aliphatic heterocycles. The maximum Gasteiger partial charge on any atom is 0.137 e. The average molecular weight is 258 g/mol. The van der Waals surface area contributed by atoms with Crippen LogP contribution in [-0.4, -0.2) is 42.7 Å². The fourth-order valence-electron chi connectivity index (χ4n) is 2.35. The van der Waals surface area contributed by atoms with Gasteiger partial charge in [0.05, 0.1) is 12.2 Å². The van der Waals surface area contributed by atoms with Gasteiger partial charge in [-0.05, 0) is 12.0 Å². The van der Waals surface area contributed by atoms with Crippen molar-refractivity contribution in [2.75, 3.05) is 13.1 Å². The van der Waals surface area contributed by atoms with E-state index in [9.17, 15) is 0 Å². The van der Waals surface area contributed by atoms with Crippen molar-refractivity contribution in [2.24, 2.45) is 0 Å². The summed E-state index contributed by atoms with van der Waals surface area (Å²) in [7, 11) is 0. The van der Waals surface area contributed by atoms with E-state index in [1.807, 2.05) is 10.9 Å². The molecule has 3 heterocycles. The summed E-state index contributed by atoms with van der Waals surface area (Å²) in [6.45, 7) is 5.93. The molecule has 0 N–H and O–H groups in total. The molecule has 0 unspecified atom stereocenters. The van der Waals surface area contributed by atoms with E-state index in [2.05, 4.69) is 31.9 Å². The first-order chi connectivity index (χ1) is 9.35. The van der Waals surface area contributed by atoms with E-state index < -0.39 is 0 Å². The second-order valence-electron chi connectivity index (χ2n) is 4.80. The van der Waals surface area contributed by atoms with E-state index in [1.54, 1.807) is 12.7 Å². The Hall–Kier alpha value is -1.82. The Morgan fingerprint density at radius 3 is 3.05 bits per heavy atom. The van der Waals surface area contributed by atoms with Crippen molar-refractivity contribution in [1.29, 1.82) is 0 Å². The van der Waals surface area contributed by atoms with Crippen LogP contribution in [0.5, 0.6) is 0 Å². The van der Waals surface area contributed by atoms with Gasteiger partial charge in [0.25, 0.3) is 0 Å². The van der Waals surface area contributed by atoms with Crippen LogP contribution >= 0.6 is 0 Å². The number of aryl methyl sites for hydroxylation is 1. The quantitative estimate of drug-likeness (QED) is 0.807. The molecule has 3 rings (SSSR count). The summed E-state index contributed by atoms with van der Waals surface area (Å²) in [5, 5.41) is 4.13. The Balaban J connectivity index is 1.64. The molecule has 0 saturated heterocycles. The fraction of sp³-hybridized carbons (Fsp3) is 0.538. The second-order valence-corrected chi connectivity index (χ2v) is 4.80. The van der Waals surface area contributed by atoms with Gasteiger partial charge >= 0.3 is 0 Å². The van der Waals surface area contributed by atoms with Crippen LogP contribution in [-0.2, 0) is 25.9 Å². The lowest BCUT2D eigenvalue weighted by Gasteiger charge is -2.27. The molecule has 0 amide bonds. The molecule has 0 atom stereocenters. The van der Waals surface area contributed by atoms with Gasteiger partial charge < -0.3 is 0 Å². The highest BCUT2D eigenvalue weighted by atomic mass is 15.3. The molecule has 100 valence electrons. The average Bonchev–Trinajstić information content (AvgIpc) is 2.97. The Labute approximate surface area is 112 Å². The Kier molecular flexibility index (Phi) is 3.50. The molecule has 2 aromatic heterocycles. The SMILES string of the molecule is CCc1ncc2c(n1)CN(CCn1cncn1)CC2. The van der Waals surface area contributed by atoms with Crippen molar-refractivity contribution in [3.63, 3.8) is 0 Å². The zero-order valence-corrected chi connectivity index (χ0v) is 11.2. The molecular formula is C13H18N6. The van der Waals surface area contributed by atoms with Crippen LogP contribution in [0.25, 0.3) is 0 Å². The van der Waals surface area contributed by atoms with Gasteiger partial charge in [0.15, 0.2) is 0 Å². The standard InChI is InChI=1S/C13H18N6/c1-2-13-15-7-11-3-4-18(8-12(11)17-13)5-6-19-10-14-9-16-19/h7,9-10H,2-6,8H2,1H3. The van der Waals surface area contributed by atoms with Gasteiger partial charge in [-0.15, -0.1) is 0 Å². The van der Waals surface area contributed by atoms with E-state index in [1.165, 1.54) is 11.3 Å². The predicted octanol–water partition coefficient (Wildman–Crippen LogP) is 0.689. The lowest BCUT2D eigenvalue weighted by molar-refractivity contribution is 0.236. The van der Waals surface area contributed by atoms with Crippen LogP contribution in [0.15, 0.2) is 18.9 Å². The normalized spacial score (nSPS) is 15.4. The van der Waals surface area contributed by atoms with Crippen LogP contribution in [0.3, 0.4) is 0 Å². The Bertz CT molecular complexity index is 536. The monoisotopic (exact) mass is 258 g/mol. The zero-order valence-electron chi connectivity index (χ0n) is 11.2. The summed E-state index contributed by atoms with van der Waals surface area (Å²) < 4.78 is 1.87. The third-order valence-electron chi connectivity index (χ3n) is 3.50. The largest absolute Gasteiger partial charge is 0.295 e. The van der Waals surface area contributed by atoms with E-state index in [-0.39, 0.29) is 0 Å². The van der Waals surface area contributed by atoms with Crippen LogP contribution in [0.2, 0.25) is 0 Å². The van der Waals surface area contributed by atoms with Crippen molar-refractivity contribution in [3.8, 4) is 0 Å². The van der Waals surface area contributed by atoms with E-state index in [4.69, 9.17) is 0 Å². The van der Waals surface area contributed by atoms with E-state index in [0.717, 1.165) is 44.8 Å². The van der Waals surface area contributed by atoms with Crippen LogP contribution in [0.1, 0.15) is 24.0 Å². The lowest BCUT2D eigenvalue weighted by atomic mass is 10.1. The van der Waals surface area contributed by atoms with Crippen molar-refractivity contribution in [1.82, 2.24) is 29.6 Å². The first-order valence-corrected chi connectivity index (χ1v) is 6.73. The van der Waals surface area contributed by atoms with Gasteiger partial charge in [-0.3, -0.25) is 9.58 Å². The van der Waals surface area contributed by atoms with Gasteiger partial charge in [-0.1, -0.05) is 6.92 Å². The highest BCUT2D eigenvalue weighted by molar-refractivity contribution is 5.20. The number of nitrogens with zero attached hydrogens (tertiary/aromatic N) is 6. The first kappa shape index (κ1) is 12.2. The number of hydrogen-bond donors (Lipinski definition) is 0. The van der Waals surface area contributed by atoms with Crippen molar-refractivity contribution < 1.29 is 0 Å². The minimum Gasteiger partial charge on any atom is -0.295 e. The fourth-order valence-corrected chi connectivity index (χ4v) is 2.35. The molecule has 6 nitrogen and oxygen atoms in total. The smallest absolute Gasteiger partial charge is 0.137 e. The summed E-state index contributed by atoms with van der Waals surface area (Å²) in [4.78, 5) is 15.4. The number of rotatable bonds is 4. The predicted molar refractivity (Wildman–Crippen MR) is 70.4 cm³/mol. The third kappa shape index (κ3) is 2.78. The second kappa shape index (κ2) is 5.44. The first-order valence-electron chi connectivity index (χ1n) is 6.73. The molecule has 0 radical (unpaired) electrons. The third-order valence-corrected chi connectivity index (χ3v) is 3.50. The molecule has 0 spiro atoms. The van der Waals surface area contributed by atoms with Gasteiger partial charge in [-0.25, -0.2) is 15.0 Å². The van der Waals surface area contributed by atoms with Gasteiger partial charge in [-0.2, -0.15) is 5.10 Å². The van der Waals surface area contributed by atoms with Gasteiger partial charge in [0, 0.05) is 32.3 Å². The molecule has 0 bridgehead atoms. The summed E-state index contributed by atoms with van der Waals surface area (Å²) in [6.07, 6.45) is 7.26. The summed E-state index contributed by atoms with van der Waals surface area (Å²) >= 11 is 0. The number of fused-ring (bicyclic) bond motifs is 1. The summed E-state index contributed by atoms with van der Waals surface area (Å²) in [5.41, 5.74) is 2.49. The number of hydrogen-bond acceptors (Lipinski definition) is 5. The highest BCUT2D eigenvalue weighted by Gasteiger charge is 2.17. The topological polar surface area (TPSA) is 59.7 Å². The summed E-state index contributed by atoms with van der Waals surface area (Å²) in [5.74, 6) is 0.942. The molecule has 6 heteroatoms. The van der Waals surface area contributed by atoms with Crippen LogP contribution < -0.4 is 0 Å². The van der Waals surface area contributed by atoms with Crippen molar-refractivity contribution in [3.05, 3.63) is 35.9 Å². The minimum atomic E-state index is 0.876. The number of aromatic nitrogens is 5. The van der Waals surface area contributed by atoms with E-state index >= 15 is 0 Å². The molecule has 0 aromatic carbocycles. The zero-order chi connectivity index (χ0) is 13.1. The Morgan fingerprint density at radius 2 is 2.26 bits per heavy atom. The molecule has 0 saturated carbocycles. The van der Waals surface area contributed by atoms with Gasteiger partial charge in [0.1, 0.15) is 18.5 Å². The maximum absolute atomic E-state index is 4.64. The lowest BCUT2D eigenvalue weighted by Crippen LogP contribution is -2.34. The molecule has 0 fully saturated rings. The summed E-state index contributed by atoms with van der Waals surface area (Å²) in [6, 6.07) is 0. The van der Waals surface area contributed by atoms with Crippen LogP contribution in [0, 0.1) is 0 Å². The molecule has 1 aliphatic rings. The minimum absolute atomic E-state index is 0.876. The van der Waals surface area contributed by atoms with Crippen molar-refractivity contribution >= 4 is 0 Å². The van der Waals surface area contributed by atoms with Crippen LogP contribution in [0.4, 0.5) is 0 Å². The highest BCUT2D eigenvalue weighted by Crippen LogP contribution is 2.16. The molecule has 19 heavy (non-hydrogen) atoms. The van der Waals surface area contributed by atoms with Gasteiger partial charge in [0.2, 0.25) is 0 Å². The molecular weight excluding hydrogens is 240 g/mol. The Morgan fingerprint density at radius 1 is 1.32 bits per heavy atom.